The van der Waals surface area contributed by atoms with E-state index in [1.54, 1.807) is 6.92 Å². The van der Waals surface area contributed by atoms with Gasteiger partial charge >= 0.3 is 6.18 Å². The summed E-state index contributed by atoms with van der Waals surface area (Å²) in [5.41, 5.74) is 0.967. The molecule has 1 heterocycles. The van der Waals surface area contributed by atoms with Gasteiger partial charge in [0.1, 0.15) is 5.54 Å². The van der Waals surface area contributed by atoms with E-state index in [1.165, 1.54) is 6.07 Å². The molecule has 1 aliphatic heterocycles. The molecular formula is C15H15F3N4O. The fourth-order valence-corrected chi connectivity index (χ4v) is 2.23. The van der Waals surface area contributed by atoms with E-state index in [1.807, 2.05) is 6.92 Å². The van der Waals surface area contributed by atoms with Crippen molar-refractivity contribution in [2.24, 2.45) is 5.10 Å². The molecule has 0 saturated heterocycles. The van der Waals surface area contributed by atoms with Gasteiger partial charge in [-0.2, -0.15) is 18.3 Å². The maximum Gasteiger partial charge on any atom is 0.407 e. The van der Waals surface area contributed by atoms with E-state index < -0.39 is 28.9 Å². The Balaban J connectivity index is 2.21. The summed E-state index contributed by atoms with van der Waals surface area (Å²) in [5.74, 6) is -0.478. The van der Waals surface area contributed by atoms with Gasteiger partial charge in [-0.15, -0.1) is 0 Å². The van der Waals surface area contributed by atoms with Crippen LogP contribution in [-0.4, -0.2) is 17.2 Å². The largest absolute Gasteiger partial charge is 0.407 e. The average molecular weight is 324 g/mol. The minimum absolute atomic E-state index is 0.0114. The van der Waals surface area contributed by atoms with Crippen LogP contribution in [0.15, 0.2) is 23.3 Å². The molecule has 1 aromatic carbocycles. The van der Waals surface area contributed by atoms with Gasteiger partial charge in [-0.1, -0.05) is 13.0 Å². The fourth-order valence-electron chi connectivity index (χ4n) is 2.23. The topological polar surface area (TPSA) is 57.9 Å². The predicted octanol–water partition coefficient (Wildman–Crippen LogP) is 3.71. The van der Waals surface area contributed by atoms with Crippen LogP contribution in [0.4, 0.5) is 24.5 Å². The number of halogens is 3. The van der Waals surface area contributed by atoms with Crippen molar-refractivity contribution in [3.63, 3.8) is 0 Å². The van der Waals surface area contributed by atoms with Gasteiger partial charge in [0, 0.05) is 17.8 Å². The molecule has 122 valence electrons. The Kier molecular flexibility index (Phi) is 4.32. The number of anilines is 1. The second-order valence-electron chi connectivity index (χ2n) is 5.45. The monoisotopic (exact) mass is 324 g/mol. The second kappa shape index (κ2) is 5.91. The van der Waals surface area contributed by atoms with Gasteiger partial charge in [0.15, 0.2) is 5.69 Å². The molecule has 0 radical (unpaired) electrons. The number of amides is 1. The number of nitrogens with one attached hydrogen (secondary N) is 2. The smallest absolute Gasteiger partial charge is 0.324 e. The Morgan fingerprint density at radius 2 is 2.22 bits per heavy atom. The molecule has 23 heavy (non-hydrogen) atoms. The van der Waals surface area contributed by atoms with E-state index in [2.05, 4.69) is 20.7 Å². The van der Waals surface area contributed by atoms with Gasteiger partial charge in [0.2, 0.25) is 0 Å². The molecule has 2 rings (SSSR count). The molecule has 0 fully saturated rings. The summed E-state index contributed by atoms with van der Waals surface area (Å²) < 4.78 is 38.8. The van der Waals surface area contributed by atoms with E-state index in [0.717, 1.165) is 17.8 Å². The first kappa shape index (κ1) is 16.8. The van der Waals surface area contributed by atoms with Crippen molar-refractivity contribution in [2.75, 3.05) is 5.32 Å². The number of carbonyl (C=O) groups excluding carboxylic acids is 1. The first-order chi connectivity index (χ1) is 10.7. The highest BCUT2D eigenvalue weighted by Crippen LogP contribution is 2.38. The van der Waals surface area contributed by atoms with Gasteiger partial charge in [-0.05, 0) is 25.5 Å². The van der Waals surface area contributed by atoms with Crippen LogP contribution in [-0.2, 0) is 11.0 Å². The zero-order valence-corrected chi connectivity index (χ0v) is 12.6. The third-order valence-electron chi connectivity index (χ3n) is 3.61. The van der Waals surface area contributed by atoms with Crippen molar-refractivity contribution in [3.05, 3.63) is 35.2 Å². The lowest BCUT2D eigenvalue weighted by molar-refractivity contribution is -0.136. The van der Waals surface area contributed by atoms with Gasteiger partial charge in [0.05, 0.1) is 12.1 Å². The van der Waals surface area contributed by atoms with Gasteiger partial charge in [0.25, 0.3) is 5.91 Å². The van der Waals surface area contributed by atoms with Crippen molar-refractivity contribution >= 4 is 23.0 Å². The third-order valence-corrected chi connectivity index (χ3v) is 3.61. The second-order valence-corrected chi connectivity index (χ2v) is 5.45. The molecule has 0 spiro atoms. The summed E-state index contributed by atoms with van der Waals surface area (Å²) in [6, 6.07) is 3.09. The minimum atomic E-state index is -4.66. The fraction of sp³-hybridized carbons (Fsp3) is 0.400. The molecule has 0 saturated carbocycles. The van der Waals surface area contributed by atoms with Gasteiger partial charge in [-0.3, -0.25) is 10.2 Å². The standard InChI is InChI=1S/C15H15F3N4O/c1-4-9-8-14(2,22-21-9)13(23)20-10-5-6-12(19-3)11(7-10)15(16,17)18/h5-7,22H,4,8H2,1-2H3,(H,20,23). The van der Waals surface area contributed by atoms with E-state index >= 15 is 0 Å². The summed E-state index contributed by atoms with van der Waals surface area (Å²) in [5, 5.41) is 6.50. The highest BCUT2D eigenvalue weighted by Gasteiger charge is 2.38. The molecular weight excluding hydrogens is 309 g/mol. The summed E-state index contributed by atoms with van der Waals surface area (Å²) in [6.45, 7) is 10.3. The van der Waals surface area contributed by atoms with Crippen LogP contribution in [0.2, 0.25) is 0 Å². The Labute approximate surface area is 131 Å². The third kappa shape index (κ3) is 3.44. The highest BCUT2D eigenvalue weighted by molar-refractivity contribution is 6.03. The number of carbonyl (C=O) groups is 1. The lowest BCUT2D eigenvalue weighted by Gasteiger charge is -2.23. The summed E-state index contributed by atoms with van der Waals surface area (Å²) in [7, 11) is 0. The first-order valence-corrected chi connectivity index (χ1v) is 6.92. The Morgan fingerprint density at radius 1 is 1.52 bits per heavy atom. The molecule has 0 bridgehead atoms. The average Bonchev–Trinajstić information content (AvgIpc) is 2.89. The van der Waals surface area contributed by atoms with Crippen molar-refractivity contribution < 1.29 is 18.0 Å². The Hall–Kier alpha value is -2.56. The van der Waals surface area contributed by atoms with E-state index in [-0.39, 0.29) is 5.69 Å². The molecule has 1 atom stereocenters. The normalized spacial score (nSPS) is 20.4. The van der Waals surface area contributed by atoms with Crippen LogP contribution in [0.3, 0.4) is 0 Å². The number of nitrogens with zero attached hydrogens (tertiary/aromatic N) is 2. The van der Waals surface area contributed by atoms with Crippen molar-refractivity contribution in [1.29, 1.82) is 0 Å². The number of alkyl halides is 3. The molecule has 0 aliphatic carbocycles. The van der Waals surface area contributed by atoms with Gasteiger partial charge < -0.3 is 5.32 Å². The SMILES string of the molecule is [C-]#[N+]c1ccc(NC(=O)C2(C)CC(CC)=NN2)cc1C(F)(F)F. The van der Waals surface area contributed by atoms with Crippen LogP contribution < -0.4 is 10.7 Å². The maximum atomic E-state index is 12.9. The van der Waals surface area contributed by atoms with E-state index in [0.29, 0.717) is 12.8 Å². The number of hydrazone groups is 1. The number of hydrogen-bond donors (Lipinski definition) is 2. The zero-order valence-electron chi connectivity index (χ0n) is 12.6. The number of rotatable bonds is 3. The quantitative estimate of drug-likeness (QED) is 0.833. The zero-order chi connectivity index (χ0) is 17.3. The lowest BCUT2D eigenvalue weighted by Crippen LogP contribution is -2.47. The van der Waals surface area contributed by atoms with Crippen LogP contribution in [0, 0.1) is 6.57 Å². The van der Waals surface area contributed by atoms with Crippen molar-refractivity contribution in [1.82, 2.24) is 5.43 Å². The van der Waals surface area contributed by atoms with Gasteiger partial charge in [-0.25, -0.2) is 4.85 Å². The molecule has 2 N–H and O–H groups in total. The molecule has 5 nitrogen and oxygen atoms in total. The first-order valence-electron chi connectivity index (χ1n) is 6.92. The molecule has 1 aromatic rings. The van der Waals surface area contributed by atoms with E-state index in [9.17, 15) is 18.0 Å². The summed E-state index contributed by atoms with van der Waals surface area (Å²) >= 11 is 0. The Bertz CT molecular complexity index is 706. The van der Waals surface area contributed by atoms with Crippen LogP contribution in [0.5, 0.6) is 0 Å². The summed E-state index contributed by atoms with van der Waals surface area (Å²) in [6.07, 6.45) is -3.58. The van der Waals surface area contributed by atoms with Crippen LogP contribution in [0.1, 0.15) is 32.3 Å². The van der Waals surface area contributed by atoms with Crippen LogP contribution in [0.25, 0.3) is 4.85 Å². The maximum absolute atomic E-state index is 12.9. The predicted molar refractivity (Wildman–Crippen MR) is 80.2 cm³/mol. The highest BCUT2D eigenvalue weighted by atomic mass is 19.4. The molecule has 1 aliphatic rings. The molecule has 0 aromatic heterocycles. The van der Waals surface area contributed by atoms with E-state index in [4.69, 9.17) is 6.57 Å². The molecule has 1 unspecified atom stereocenters. The Morgan fingerprint density at radius 3 is 2.74 bits per heavy atom. The summed E-state index contributed by atoms with van der Waals surface area (Å²) in [4.78, 5) is 15.2. The molecule has 8 heteroatoms. The minimum Gasteiger partial charge on any atom is -0.324 e. The molecule has 1 amide bonds. The number of benzene rings is 1. The lowest BCUT2D eigenvalue weighted by atomic mass is 9.95. The van der Waals surface area contributed by atoms with Crippen molar-refractivity contribution in [2.45, 2.75) is 38.4 Å². The van der Waals surface area contributed by atoms with Crippen molar-refractivity contribution in [3.8, 4) is 0 Å². The number of hydrogen-bond acceptors (Lipinski definition) is 3. The van der Waals surface area contributed by atoms with Crippen LogP contribution >= 0.6 is 0 Å².